The molecule has 0 aliphatic carbocycles. The lowest BCUT2D eigenvalue weighted by molar-refractivity contribution is -0.120. The second kappa shape index (κ2) is 7.85. The molecule has 0 radical (unpaired) electrons. The number of nitrogens with zero attached hydrogens (tertiary/aromatic N) is 1. The predicted molar refractivity (Wildman–Crippen MR) is 120 cm³/mol. The van der Waals surface area contributed by atoms with Crippen LogP contribution in [-0.4, -0.2) is 11.8 Å². The highest BCUT2D eigenvalue weighted by Gasteiger charge is 2.40. The van der Waals surface area contributed by atoms with Crippen LogP contribution in [0.1, 0.15) is 11.1 Å². The minimum absolute atomic E-state index is 0.244. The Balaban J connectivity index is 1.84. The highest BCUT2D eigenvalue weighted by molar-refractivity contribution is 9.10. The van der Waals surface area contributed by atoms with Crippen molar-refractivity contribution in [2.45, 2.75) is 6.92 Å². The van der Waals surface area contributed by atoms with Gasteiger partial charge in [-0.3, -0.25) is 9.59 Å². The number of amides is 2. The molecule has 144 valence electrons. The van der Waals surface area contributed by atoms with E-state index in [9.17, 15) is 9.59 Å². The maximum atomic E-state index is 13.4. The lowest BCUT2D eigenvalue weighted by atomic mass is 10.0. The minimum atomic E-state index is -0.403. The molecular weight excluding hydrogens is 452 g/mol. The molecule has 1 aliphatic rings. The molecule has 1 N–H and O–H groups in total. The third kappa shape index (κ3) is 3.71. The third-order valence-corrected chi connectivity index (χ3v) is 5.37. The van der Waals surface area contributed by atoms with Crippen LogP contribution in [0, 0.1) is 6.92 Å². The number of imide groups is 1. The zero-order valence-electron chi connectivity index (χ0n) is 15.4. The molecule has 4 rings (SSSR count). The van der Waals surface area contributed by atoms with Crippen LogP contribution in [0.3, 0.4) is 0 Å². The van der Waals surface area contributed by atoms with Crippen LogP contribution in [0.25, 0.3) is 5.57 Å². The van der Waals surface area contributed by atoms with E-state index in [2.05, 4.69) is 21.2 Å². The lowest BCUT2D eigenvalue weighted by Gasteiger charge is -2.18. The normalized spacial score (nSPS) is 14.0. The Labute approximate surface area is 181 Å². The van der Waals surface area contributed by atoms with E-state index >= 15 is 0 Å². The molecule has 0 spiro atoms. The van der Waals surface area contributed by atoms with Gasteiger partial charge < -0.3 is 5.32 Å². The van der Waals surface area contributed by atoms with E-state index in [1.165, 1.54) is 4.90 Å². The van der Waals surface area contributed by atoms with Gasteiger partial charge in [0.05, 0.1) is 11.3 Å². The Morgan fingerprint density at radius 3 is 2.34 bits per heavy atom. The number of halogens is 2. The number of carbonyl (C=O) groups is 2. The van der Waals surface area contributed by atoms with Crippen LogP contribution < -0.4 is 10.2 Å². The largest absolute Gasteiger partial charge is 0.350 e. The van der Waals surface area contributed by atoms with E-state index in [-0.39, 0.29) is 11.6 Å². The lowest BCUT2D eigenvalue weighted by Crippen LogP contribution is -2.33. The summed E-state index contributed by atoms with van der Waals surface area (Å²) in [4.78, 5) is 28.0. The summed E-state index contributed by atoms with van der Waals surface area (Å²) in [5.74, 6) is -0.775. The summed E-state index contributed by atoms with van der Waals surface area (Å²) < 4.78 is 0.867. The van der Waals surface area contributed by atoms with E-state index in [4.69, 9.17) is 11.6 Å². The molecule has 0 unspecified atom stereocenters. The molecule has 1 heterocycles. The maximum Gasteiger partial charge on any atom is 0.282 e. The number of aryl methyl sites for hydroxylation is 1. The zero-order valence-corrected chi connectivity index (χ0v) is 17.8. The molecule has 3 aromatic rings. The van der Waals surface area contributed by atoms with Crippen molar-refractivity contribution in [1.29, 1.82) is 0 Å². The average molecular weight is 468 g/mol. The Bertz CT molecular complexity index is 1160. The molecule has 0 aromatic heterocycles. The predicted octanol–water partition coefficient (Wildman–Crippen LogP) is 5.81. The molecule has 29 heavy (non-hydrogen) atoms. The topological polar surface area (TPSA) is 49.4 Å². The average Bonchev–Trinajstić information content (AvgIpc) is 2.93. The second-order valence-electron chi connectivity index (χ2n) is 6.63. The van der Waals surface area contributed by atoms with Gasteiger partial charge in [-0.1, -0.05) is 63.9 Å². The summed E-state index contributed by atoms with van der Waals surface area (Å²) in [6.07, 6.45) is 0. The van der Waals surface area contributed by atoms with E-state index < -0.39 is 5.91 Å². The maximum absolute atomic E-state index is 13.4. The van der Waals surface area contributed by atoms with E-state index in [0.29, 0.717) is 27.5 Å². The van der Waals surface area contributed by atoms with Crippen LogP contribution in [0.5, 0.6) is 0 Å². The van der Waals surface area contributed by atoms with Gasteiger partial charge in [-0.25, -0.2) is 4.90 Å². The fourth-order valence-corrected chi connectivity index (χ4v) is 3.94. The summed E-state index contributed by atoms with van der Waals surface area (Å²) >= 11 is 9.49. The van der Waals surface area contributed by atoms with Crippen molar-refractivity contribution < 1.29 is 9.59 Å². The number of rotatable bonds is 4. The van der Waals surface area contributed by atoms with Gasteiger partial charge in [0.1, 0.15) is 5.70 Å². The van der Waals surface area contributed by atoms with Crippen molar-refractivity contribution in [3.8, 4) is 0 Å². The van der Waals surface area contributed by atoms with Crippen LogP contribution in [-0.2, 0) is 9.59 Å². The van der Waals surface area contributed by atoms with Crippen LogP contribution in [0.15, 0.2) is 83.0 Å². The van der Waals surface area contributed by atoms with Crippen LogP contribution >= 0.6 is 27.5 Å². The standard InChI is InChI=1S/C23H16BrClN2O2/c1-14-12-17(25)10-11-19(14)27-22(28)20(15-6-3-2-4-7-15)21(23(27)29)26-18-9-5-8-16(24)13-18/h2-13,26H,1H3. The first kappa shape index (κ1) is 19.4. The number of carbonyl (C=O) groups excluding carboxylic acids is 2. The third-order valence-electron chi connectivity index (χ3n) is 4.64. The van der Waals surface area contributed by atoms with Crippen molar-refractivity contribution in [2.75, 3.05) is 10.2 Å². The Hall–Kier alpha value is -2.89. The zero-order chi connectivity index (χ0) is 20.5. The Morgan fingerprint density at radius 2 is 1.66 bits per heavy atom. The molecule has 1 aliphatic heterocycles. The first-order valence-corrected chi connectivity index (χ1v) is 10.1. The van der Waals surface area contributed by atoms with E-state index in [1.807, 2.05) is 61.5 Å². The Morgan fingerprint density at radius 1 is 0.897 bits per heavy atom. The monoisotopic (exact) mass is 466 g/mol. The number of nitrogens with one attached hydrogen (secondary N) is 1. The second-order valence-corrected chi connectivity index (χ2v) is 7.98. The molecule has 0 saturated carbocycles. The van der Waals surface area contributed by atoms with Gasteiger partial charge >= 0.3 is 0 Å². The summed E-state index contributed by atoms with van der Waals surface area (Å²) in [5.41, 5.74) is 3.23. The van der Waals surface area contributed by atoms with Gasteiger partial charge in [-0.2, -0.15) is 0 Å². The van der Waals surface area contributed by atoms with Gasteiger partial charge in [-0.15, -0.1) is 0 Å². The molecule has 0 fully saturated rings. The fraction of sp³-hybridized carbons (Fsp3) is 0.0435. The SMILES string of the molecule is Cc1cc(Cl)ccc1N1C(=O)C(Nc2cccc(Br)c2)=C(c2ccccc2)C1=O. The fourth-order valence-electron chi connectivity index (χ4n) is 3.32. The van der Waals surface area contributed by atoms with Crippen molar-refractivity contribution in [3.05, 3.63) is 99.1 Å². The van der Waals surface area contributed by atoms with Crippen molar-refractivity contribution >= 4 is 56.3 Å². The highest BCUT2D eigenvalue weighted by atomic mass is 79.9. The molecule has 2 amide bonds. The first-order chi connectivity index (χ1) is 14.0. The van der Waals surface area contributed by atoms with Gasteiger partial charge in [-0.05, 0) is 54.4 Å². The number of hydrogen-bond acceptors (Lipinski definition) is 3. The molecular formula is C23H16BrClN2O2. The summed E-state index contributed by atoms with van der Waals surface area (Å²) in [5, 5.41) is 3.70. The van der Waals surface area contributed by atoms with Crippen molar-refractivity contribution in [3.63, 3.8) is 0 Å². The Kier molecular flexibility index (Phi) is 5.26. The van der Waals surface area contributed by atoms with Crippen molar-refractivity contribution in [1.82, 2.24) is 0 Å². The number of anilines is 2. The summed E-state index contributed by atoms with van der Waals surface area (Å²) in [7, 11) is 0. The smallest absolute Gasteiger partial charge is 0.282 e. The van der Waals surface area contributed by atoms with Crippen LogP contribution in [0.2, 0.25) is 5.02 Å². The van der Waals surface area contributed by atoms with E-state index in [0.717, 1.165) is 10.0 Å². The van der Waals surface area contributed by atoms with Gasteiger partial charge in [0.15, 0.2) is 0 Å². The van der Waals surface area contributed by atoms with E-state index in [1.54, 1.807) is 18.2 Å². The van der Waals surface area contributed by atoms with Crippen LogP contribution in [0.4, 0.5) is 11.4 Å². The number of hydrogen-bond donors (Lipinski definition) is 1. The highest BCUT2D eigenvalue weighted by Crippen LogP contribution is 2.35. The molecule has 0 atom stereocenters. The van der Waals surface area contributed by atoms with Gasteiger partial charge in [0.2, 0.25) is 0 Å². The first-order valence-electron chi connectivity index (χ1n) is 8.93. The minimum Gasteiger partial charge on any atom is -0.350 e. The van der Waals surface area contributed by atoms with Gasteiger partial charge in [0.25, 0.3) is 11.8 Å². The van der Waals surface area contributed by atoms with Gasteiger partial charge in [0, 0.05) is 15.2 Å². The van der Waals surface area contributed by atoms with Crippen molar-refractivity contribution in [2.24, 2.45) is 0 Å². The summed E-state index contributed by atoms with van der Waals surface area (Å²) in [6, 6.07) is 21.7. The number of benzene rings is 3. The quantitative estimate of drug-likeness (QED) is 0.493. The molecule has 4 nitrogen and oxygen atoms in total. The molecule has 3 aromatic carbocycles. The molecule has 0 bridgehead atoms. The summed E-state index contributed by atoms with van der Waals surface area (Å²) in [6.45, 7) is 1.82. The molecule has 0 saturated heterocycles. The molecule has 6 heteroatoms.